The topological polar surface area (TPSA) is 49.3 Å². The van der Waals surface area contributed by atoms with Gasteiger partial charge in [-0.25, -0.2) is 4.79 Å². The minimum absolute atomic E-state index is 0.137. The van der Waals surface area contributed by atoms with E-state index in [1.807, 2.05) is 0 Å². The van der Waals surface area contributed by atoms with Gasteiger partial charge in [-0.1, -0.05) is 12.1 Å². The van der Waals surface area contributed by atoms with Crippen LogP contribution in [-0.2, 0) is 9.90 Å². The van der Waals surface area contributed by atoms with Crippen LogP contribution in [0.15, 0.2) is 29.3 Å². The summed E-state index contributed by atoms with van der Waals surface area (Å²) in [6, 6.07) is 6.03. The molecule has 1 aromatic rings. The first kappa shape index (κ1) is 6.52. The zero-order valence-electron chi connectivity index (χ0n) is 5.07. The van der Waals surface area contributed by atoms with Crippen molar-refractivity contribution in [3.05, 3.63) is 24.3 Å². The second kappa shape index (κ2) is 2.80. The highest BCUT2D eigenvalue weighted by atomic mass is 16.3. The Balaban J connectivity index is 3.14. The predicted octanol–water partition coefficient (Wildman–Crippen LogP) is 1.80. The molecule has 3 nitrogen and oxygen atoms in total. The fourth-order valence-corrected chi connectivity index (χ4v) is 0.599. The lowest BCUT2D eigenvalue weighted by atomic mass is 10.3. The van der Waals surface area contributed by atoms with E-state index in [-0.39, 0.29) is 11.4 Å². The summed E-state index contributed by atoms with van der Waals surface area (Å²) < 4.78 is 0. The number of carbonyl (C=O) groups excluding carboxylic acids is 1. The quantitative estimate of drug-likeness (QED) is 0.426. The Morgan fingerprint density at radius 3 is 2.60 bits per heavy atom. The smallest absolute Gasteiger partial charge is 0.240 e. The van der Waals surface area contributed by atoms with Gasteiger partial charge in [0.15, 0.2) is 0 Å². The van der Waals surface area contributed by atoms with Crippen LogP contribution in [0.5, 0.6) is 5.75 Å². The van der Waals surface area contributed by atoms with Gasteiger partial charge in [0.25, 0.3) is 0 Å². The summed E-state index contributed by atoms with van der Waals surface area (Å²) in [4.78, 5) is 12.9. The van der Waals surface area contributed by atoms with Crippen LogP contribution >= 0.6 is 0 Å². The van der Waals surface area contributed by atoms with Crippen LogP contribution in [0.1, 0.15) is 0 Å². The lowest BCUT2D eigenvalue weighted by molar-refractivity contribution is 0.356. The molecule has 10 heavy (non-hydrogen) atoms. The van der Waals surface area contributed by atoms with E-state index in [1.165, 1.54) is 18.2 Å². The molecule has 0 saturated carbocycles. The van der Waals surface area contributed by atoms with E-state index in [9.17, 15) is 9.90 Å². The maximum absolute atomic E-state index is 10.7. The van der Waals surface area contributed by atoms with Crippen LogP contribution in [0.25, 0.3) is 0 Å². The maximum atomic E-state index is 10.7. The third-order valence-electron chi connectivity index (χ3n) is 1.03. The molecular weight excluding hydrogens is 130 g/mol. The zero-order valence-corrected chi connectivity index (χ0v) is 5.07. The molecule has 0 fully saturated rings. The lowest BCUT2D eigenvalue weighted by Crippen LogP contribution is -1.63. The van der Waals surface area contributed by atoms with Gasteiger partial charge in [0.1, 0.15) is 5.69 Å². The van der Waals surface area contributed by atoms with E-state index < -0.39 is 0 Å². The van der Waals surface area contributed by atoms with Crippen LogP contribution in [0.4, 0.5) is 5.69 Å². The highest BCUT2D eigenvalue weighted by molar-refractivity contribution is 5.56. The number of hydrogen-bond acceptors (Lipinski definition) is 2. The highest BCUT2D eigenvalue weighted by Gasteiger charge is 1.96. The van der Waals surface area contributed by atoms with Crippen molar-refractivity contribution in [2.75, 3.05) is 0 Å². The minimum Gasteiger partial charge on any atom is -0.288 e. The van der Waals surface area contributed by atoms with E-state index in [0.717, 1.165) is 0 Å². The van der Waals surface area contributed by atoms with Crippen LogP contribution in [-0.4, -0.2) is 6.08 Å². The molecule has 1 rings (SSSR count). The largest absolute Gasteiger partial charge is 0.288 e. The summed E-state index contributed by atoms with van der Waals surface area (Å²) in [5.74, 6) is -0.258. The van der Waals surface area contributed by atoms with Crippen LogP contribution < -0.4 is 0 Å². The van der Waals surface area contributed by atoms with Crippen LogP contribution in [0.3, 0.4) is 0 Å². The average molecular weight is 134 g/mol. The second-order valence-electron chi connectivity index (χ2n) is 1.67. The molecule has 3 heteroatoms. The summed E-state index contributed by atoms with van der Waals surface area (Å²) in [6.07, 6.45) is 1.30. The fraction of sp³-hybridized carbons (Fsp3) is 0. The number of para-hydroxylation sites is 2. The van der Waals surface area contributed by atoms with E-state index >= 15 is 0 Å². The summed E-state index contributed by atoms with van der Waals surface area (Å²) in [7, 11) is 0. The molecule has 0 aromatic heterocycles. The highest BCUT2D eigenvalue weighted by Crippen LogP contribution is 2.24. The standard InChI is InChI=1S/C7H4NO2/c9-5-8-6-3-1-2-4-7(6)10/h1-4H. The zero-order chi connectivity index (χ0) is 7.40. The van der Waals surface area contributed by atoms with Gasteiger partial charge < -0.3 is 0 Å². The van der Waals surface area contributed by atoms with Gasteiger partial charge in [0, 0.05) is 0 Å². The third-order valence-corrected chi connectivity index (χ3v) is 1.03. The molecule has 0 saturated heterocycles. The van der Waals surface area contributed by atoms with E-state index in [2.05, 4.69) is 4.99 Å². The Kier molecular flexibility index (Phi) is 1.83. The van der Waals surface area contributed by atoms with Gasteiger partial charge in [-0.05, 0) is 12.1 Å². The molecule has 0 N–H and O–H groups in total. The Labute approximate surface area is 57.6 Å². The monoisotopic (exact) mass is 134 g/mol. The third kappa shape index (κ3) is 1.21. The fourth-order valence-electron chi connectivity index (χ4n) is 0.599. The summed E-state index contributed by atoms with van der Waals surface area (Å²) >= 11 is 0. The maximum Gasteiger partial charge on any atom is 0.240 e. The lowest BCUT2D eigenvalue weighted by Gasteiger charge is -1.88. The second-order valence-corrected chi connectivity index (χ2v) is 1.67. The first-order valence-electron chi connectivity index (χ1n) is 2.68. The van der Waals surface area contributed by atoms with E-state index in [4.69, 9.17) is 0 Å². The Hall–Kier alpha value is -1.60. The van der Waals surface area contributed by atoms with Crippen molar-refractivity contribution in [1.29, 1.82) is 0 Å². The molecule has 0 bridgehead atoms. The minimum atomic E-state index is -0.258. The number of nitrogens with zero attached hydrogens (tertiary/aromatic N) is 1. The van der Waals surface area contributed by atoms with Crippen molar-refractivity contribution in [2.24, 2.45) is 4.99 Å². The first-order chi connectivity index (χ1) is 4.84. The molecule has 49 valence electrons. The Morgan fingerprint density at radius 2 is 2.00 bits per heavy atom. The van der Waals surface area contributed by atoms with Crippen molar-refractivity contribution in [3.8, 4) is 5.75 Å². The van der Waals surface area contributed by atoms with Gasteiger partial charge in [-0.2, -0.15) is 4.99 Å². The van der Waals surface area contributed by atoms with Gasteiger partial charge in [-0.15, -0.1) is 0 Å². The molecule has 0 amide bonds. The molecule has 1 aromatic carbocycles. The molecule has 0 spiro atoms. The summed E-state index contributed by atoms with van der Waals surface area (Å²) in [6.45, 7) is 0. The van der Waals surface area contributed by atoms with Crippen molar-refractivity contribution < 1.29 is 9.90 Å². The number of rotatable bonds is 1. The van der Waals surface area contributed by atoms with Crippen LogP contribution in [0, 0.1) is 0 Å². The van der Waals surface area contributed by atoms with Crippen molar-refractivity contribution in [1.82, 2.24) is 0 Å². The number of benzene rings is 1. The first-order valence-corrected chi connectivity index (χ1v) is 2.68. The normalized spacial score (nSPS) is 8.40. The van der Waals surface area contributed by atoms with Crippen molar-refractivity contribution in [2.45, 2.75) is 0 Å². The Morgan fingerprint density at radius 1 is 1.30 bits per heavy atom. The molecule has 0 aliphatic heterocycles. The summed E-state index contributed by atoms with van der Waals surface area (Å²) in [5, 5.41) is 10.7. The van der Waals surface area contributed by atoms with E-state index in [1.54, 1.807) is 12.1 Å². The Bertz CT molecular complexity index is 277. The van der Waals surface area contributed by atoms with Gasteiger partial charge in [-0.3, -0.25) is 5.11 Å². The van der Waals surface area contributed by atoms with Gasteiger partial charge >= 0.3 is 0 Å². The molecule has 0 aliphatic carbocycles. The SMILES string of the molecule is [O]c1ccccc1N=C=O. The number of hydrogen-bond donors (Lipinski definition) is 0. The van der Waals surface area contributed by atoms with Crippen molar-refractivity contribution in [3.63, 3.8) is 0 Å². The molecular formula is C7H4NO2. The molecule has 0 atom stereocenters. The van der Waals surface area contributed by atoms with Crippen molar-refractivity contribution >= 4 is 11.8 Å². The summed E-state index contributed by atoms with van der Waals surface area (Å²) in [5.41, 5.74) is 0.137. The molecule has 0 aliphatic rings. The number of isocyanates is 1. The van der Waals surface area contributed by atoms with Gasteiger partial charge in [0.2, 0.25) is 11.8 Å². The van der Waals surface area contributed by atoms with E-state index in [0.29, 0.717) is 0 Å². The average Bonchev–Trinajstić information content (AvgIpc) is 1.94. The molecule has 0 heterocycles. The number of aliphatic imine (C=N–C) groups is 1. The molecule has 0 unspecified atom stereocenters. The molecule has 1 radical (unpaired) electrons. The van der Waals surface area contributed by atoms with Crippen LogP contribution in [0.2, 0.25) is 0 Å². The van der Waals surface area contributed by atoms with Gasteiger partial charge in [0.05, 0.1) is 0 Å². The predicted molar refractivity (Wildman–Crippen MR) is 34.4 cm³/mol.